The zero-order valence-corrected chi connectivity index (χ0v) is 9.26. The molecule has 0 saturated heterocycles. The highest BCUT2D eigenvalue weighted by Gasteiger charge is 2.06. The van der Waals surface area contributed by atoms with Crippen molar-refractivity contribution >= 4 is 10.8 Å². The first kappa shape index (κ1) is 10.9. The lowest BCUT2D eigenvalue weighted by Crippen LogP contribution is -1.96. The van der Waals surface area contributed by atoms with Crippen LogP contribution in [0.4, 0.5) is 0 Å². The molecule has 0 fully saturated rings. The van der Waals surface area contributed by atoms with Crippen LogP contribution in [0.1, 0.15) is 24.5 Å². The number of benzene rings is 2. The van der Waals surface area contributed by atoms with Crippen molar-refractivity contribution in [2.45, 2.75) is 18.9 Å². The average Bonchev–Trinajstić information content (AvgIpc) is 2.35. The second kappa shape index (κ2) is 4.95. The van der Waals surface area contributed by atoms with Crippen LogP contribution >= 0.6 is 0 Å². The molecule has 0 aliphatic heterocycles. The first-order valence-electron chi connectivity index (χ1n) is 5.59. The molecule has 0 bridgehead atoms. The molecule has 1 atom stereocenters. The maximum Gasteiger partial charge on any atom is 0.0793 e. The number of fused-ring (bicyclic) bond motifs is 1. The summed E-state index contributed by atoms with van der Waals surface area (Å²) < 4.78 is 0. The van der Waals surface area contributed by atoms with E-state index in [0.29, 0.717) is 0 Å². The minimum atomic E-state index is -0.386. The van der Waals surface area contributed by atoms with Gasteiger partial charge in [0.05, 0.1) is 6.10 Å². The number of aliphatic hydroxyl groups is 1. The van der Waals surface area contributed by atoms with Gasteiger partial charge in [-0.1, -0.05) is 42.5 Å². The van der Waals surface area contributed by atoms with Gasteiger partial charge < -0.3 is 5.11 Å². The maximum absolute atomic E-state index is 9.96. The molecule has 1 heteroatoms. The summed E-state index contributed by atoms with van der Waals surface area (Å²) in [4.78, 5) is 0. The second-order valence-corrected chi connectivity index (χ2v) is 3.99. The molecule has 0 saturated carbocycles. The zero-order valence-electron chi connectivity index (χ0n) is 9.26. The Labute approximate surface area is 96.0 Å². The Morgan fingerprint density at radius 2 is 1.88 bits per heavy atom. The minimum absolute atomic E-state index is 0.386. The first-order valence-corrected chi connectivity index (χ1v) is 5.59. The van der Waals surface area contributed by atoms with Gasteiger partial charge in [-0.3, -0.25) is 0 Å². The number of rotatable bonds is 4. The highest BCUT2D eigenvalue weighted by atomic mass is 16.3. The number of hydrogen-bond acceptors (Lipinski definition) is 1. The largest absolute Gasteiger partial charge is 0.388 e. The van der Waals surface area contributed by atoms with Gasteiger partial charge in [0, 0.05) is 0 Å². The quantitative estimate of drug-likeness (QED) is 0.763. The van der Waals surface area contributed by atoms with Gasteiger partial charge >= 0.3 is 0 Å². The number of hydrogen-bond donors (Lipinski definition) is 1. The predicted molar refractivity (Wildman–Crippen MR) is 68.3 cm³/mol. The summed E-state index contributed by atoms with van der Waals surface area (Å²) in [5.74, 6) is 0. The molecule has 2 aromatic carbocycles. The van der Waals surface area contributed by atoms with Gasteiger partial charge in [0.15, 0.2) is 0 Å². The lowest BCUT2D eigenvalue weighted by molar-refractivity contribution is 0.169. The van der Waals surface area contributed by atoms with Crippen LogP contribution in [0.25, 0.3) is 10.8 Å². The summed E-state index contributed by atoms with van der Waals surface area (Å²) in [6, 6.07) is 14.3. The van der Waals surface area contributed by atoms with Crippen molar-refractivity contribution in [2.75, 3.05) is 0 Å². The van der Waals surface area contributed by atoms with Crippen molar-refractivity contribution < 1.29 is 5.11 Å². The van der Waals surface area contributed by atoms with Crippen LogP contribution in [0.15, 0.2) is 55.1 Å². The third-order valence-electron chi connectivity index (χ3n) is 2.80. The van der Waals surface area contributed by atoms with E-state index in [1.807, 2.05) is 24.3 Å². The van der Waals surface area contributed by atoms with Crippen molar-refractivity contribution in [1.29, 1.82) is 0 Å². The smallest absolute Gasteiger partial charge is 0.0793 e. The topological polar surface area (TPSA) is 20.2 Å². The molecule has 2 rings (SSSR count). The number of allylic oxidation sites excluding steroid dienone is 1. The summed E-state index contributed by atoms with van der Waals surface area (Å²) >= 11 is 0. The van der Waals surface area contributed by atoms with E-state index in [9.17, 15) is 5.11 Å². The molecule has 16 heavy (non-hydrogen) atoms. The standard InChI is InChI=1S/C15H16O/c1-2-3-8-15(16)14-10-9-12-6-4-5-7-13(12)11-14/h2,4-7,9-11,15-16H,1,3,8H2. The van der Waals surface area contributed by atoms with Crippen LogP contribution in [0, 0.1) is 0 Å². The molecule has 0 aliphatic rings. The molecule has 1 nitrogen and oxygen atoms in total. The lowest BCUT2D eigenvalue weighted by atomic mass is 10.0. The van der Waals surface area contributed by atoms with Crippen LogP contribution in [-0.2, 0) is 0 Å². The SMILES string of the molecule is C=CCCC(O)c1ccc2ccccc2c1. The zero-order chi connectivity index (χ0) is 11.4. The molecule has 2 aromatic rings. The molecule has 1 N–H and O–H groups in total. The summed E-state index contributed by atoms with van der Waals surface area (Å²) in [5, 5.41) is 12.4. The maximum atomic E-state index is 9.96. The summed E-state index contributed by atoms with van der Waals surface area (Å²) in [7, 11) is 0. The van der Waals surface area contributed by atoms with E-state index in [4.69, 9.17) is 0 Å². The van der Waals surface area contributed by atoms with Gasteiger partial charge in [-0.05, 0) is 35.2 Å². The molecule has 0 aliphatic carbocycles. The molecular formula is C15H16O. The van der Waals surface area contributed by atoms with Crippen molar-refractivity contribution in [3.63, 3.8) is 0 Å². The van der Waals surface area contributed by atoms with Crippen molar-refractivity contribution in [1.82, 2.24) is 0 Å². The molecule has 82 valence electrons. The fourth-order valence-corrected chi connectivity index (χ4v) is 1.86. The Morgan fingerprint density at radius 1 is 1.12 bits per heavy atom. The Bertz CT molecular complexity index is 488. The third-order valence-corrected chi connectivity index (χ3v) is 2.80. The molecular weight excluding hydrogens is 196 g/mol. The normalized spacial score (nSPS) is 12.6. The van der Waals surface area contributed by atoms with Crippen molar-refractivity contribution in [2.24, 2.45) is 0 Å². The van der Waals surface area contributed by atoms with Crippen LogP contribution in [0.3, 0.4) is 0 Å². The predicted octanol–water partition coefficient (Wildman–Crippen LogP) is 3.84. The van der Waals surface area contributed by atoms with Crippen molar-refractivity contribution in [3.05, 3.63) is 60.7 Å². The molecule has 0 amide bonds. The Hall–Kier alpha value is -1.60. The highest BCUT2D eigenvalue weighted by Crippen LogP contribution is 2.23. The Morgan fingerprint density at radius 3 is 2.62 bits per heavy atom. The van der Waals surface area contributed by atoms with Crippen LogP contribution < -0.4 is 0 Å². The third kappa shape index (κ3) is 2.31. The average molecular weight is 212 g/mol. The van der Waals surface area contributed by atoms with Gasteiger partial charge in [-0.25, -0.2) is 0 Å². The second-order valence-electron chi connectivity index (χ2n) is 3.99. The van der Waals surface area contributed by atoms with Gasteiger partial charge in [-0.15, -0.1) is 6.58 Å². The monoisotopic (exact) mass is 212 g/mol. The fraction of sp³-hybridized carbons (Fsp3) is 0.200. The first-order chi connectivity index (χ1) is 7.81. The minimum Gasteiger partial charge on any atom is -0.388 e. The van der Waals surface area contributed by atoms with E-state index in [0.717, 1.165) is 18.4 Å². The van der Waals surface area contributed by atoms with E-state index in [1.165, 1.54) is 10.8 Å². The Kier molecular flexibility index (Phi) is 3.37. The van der Waals surface area contributed by atoms with Crippen LogP contribution in [0.5, 0.6) is 0 Å². The molecule has 0 spiro atoms. The van der Waals surface area contributed by atoms with Gasteiger partial charge in [0.25, 0.3) is 0 Å². The lowest BCUT2D eigenvalue weighted by Gasteiger charge is -2.10. The summed E-state index contributed by atoms with van der Waals surface area (Å²) in [6.45, 7) is 3.67. The van der Waals surface area contributed by atoms with E-state index < -0.39 is 0 Å². The Balaban J connectivity index is 2.28. The fourth-order valence-electron chi connectivity index (χ4n) is 1.86. The van der Waals surface area contributed by atoms with E-state index >= 15 is 0 Å². The van der Waals surface area contributed by atoms with Crippen molar-refractivity contribution in [3.8, 4) is 0 Å². The van der Waals surface area contributed by atoms with Crippen LogP contribution in [0.2, 0.25) is 0 Å². The molecule has 0 radical (unpaired) electrons. The molecule has 0 heterocycles. The summed E-state index contributed by atoms with van der Waals surface area (Å²) in [6.07, 6.45) is 3.03. The number of aliphatic hydroxyl groups excluding tert-OH is 1. The molecule has 0 aromatic heterocycles. The van der Waals surface area contributed by atoms with E-state index in [2.05, 4.69) is 30.8 Å². The highest BCUT2D eigenvalue weighted by molar-refractivity contribution is 5.83. The molecule has 1 unspecified atom stereocenters. The summed E-state index contributed by atoms with van der Waals surface area (Å²) in [5.41, 5.74) is 0.987. The van der Waals surface area contributed by atoms with E-state index in [-0.39, 0.29) is 6.10 Å². The van der Waals surface area contributed by atoms with Gasteiger partial charge in [0.2, 0.25) is 0 Å². The van der Waals surface area contributed by atoms with Crippen LogP contribution in [-0.4, -0.2) is 5.11 Å². The van der Waals surface area contributed by atoms with Gasteiger partial charge in [0.1, 0.15) is 0 Å². The van der Waals surface area contributed by atoms with Gasteiger partial charge in [-0.2, -0.15) is 0 Å². The van der Waals surface area contributed by atoms with E-state index in [1.54, 1.807) is 0 Å².